The van der Waals surface area contributed by atoms with Crippen molar-refractivity contribution in [3.05, 3.63) is 23.4 Å². The highest BCUT2D eigenvalue weighted by atomic mass is 35.5. The minimum Gasteiger partial charge on any atom is -0.458 e. The van der Waals surface area contributed by atoms with E-state index >= 15 is 0 Å². The Kier molecular flexibility index (Phi) is 15.1. The number of likely N-dealkylation sites (N-methyl/N-ethyl adjacent to an activating group) is 1. The lowest BCUT2D eigenvalue weighted by Gasteiger charge is -2.47. The van der Waals surface area contributed by atoms with Crippen LogP contribution in [0.4, 0.5) is 10.6 Å². The highest BCUT2D eigenvalue weighted by molar-refractivity contribution is 6.32. The van der Waals surface area contributed by atoms with Gasteiger partial charge in [-0.25, -0.2) is 9.78 Å². The maximum atomic E-state index is 14.6. The molecule has 0 aromatic carbocycles. The molecule has 2 N–H and O–H groups in total. The van der Waals surface area contributed by atoms with Crippen LogP contribution in [0.15, 0.2) is 18.3 Å². The molecule has 1 amide bonds. The fraction of sp³-hybridized carbons (Fsp3) is 0.775. The molecule has 1 aromatic heterocycles. The molecule has 3 aliphatic rings. The number of pyridine rings is 1. The molecule has 3 fully saturated rings. The van der Waals surface area contributed by atoms with Gasteiger partial charge in [0.25, 0.3) is 0 Å². The van der Waals surface area contributed by atoms with Crippen molar-refractivity contribution in [1.82, 2.24) is 14.8 Å². The molecule has 55 heavy (non-hydrogen) atoms. The number of carbonyl (C=O) groups excluding carboxylic acids is 4. The third-order valence-corrected chi connectivity index (χ3v) is 12.3. The molecule has 0 spiro atoms. The van der Waals surface area contributed by atoms with E-state index in [4.69, 9.17) is 35.3 Å². The number of hydrogen-bond acceptors (Lipinski definition) is 13. The van der Waals surface area contributed by atoms with Crippen molar-refractivity contribution in [2.24, 2.45) is 23.7 Å². The van der Waals surface area contributed by atoms with Gasteiger partial charge in [-0.3, -0.25) is 14.4 Å². The number of aromatic nitrogens is 1. The highest BCUT2D eigenvalue weighted by Crippen LogP contribution is 2.43. The molecule has 3 saturated heterocycles. The first-order valence-electron chi connectivity index (χ1n) is 19.6. The van der Waals surface area contributed by atoms with Gasteiger partial charge in [-0.1, -0.05) is 39.3 Å². The minimum atomic E-state index is -1.40. The van der Waals surface area contributed by atoms with E-state index < -0.39 is 83.4 Å². The number of anilines is 1. The van der Waals surface area contributed by atoms with Crippen molar-refractivity contribution in [1.29, 1.82) is 0 Å². The number of methoxy groups -OCH3 is 1. The molecule has 0 bridgehead atoms. The molecule has 4 rings (SSSR count). The van der Waals surface area contributed by atoms with Crippen LogP contribution in [-0.4, -0.2) is 132 Å². The van der Waals surface area contributed by atoms with Crippen molar-refractivity contribution < 1.29 is 48.0 Å². The molecule has 14 nitrogen and oxygen atoms in total. The zero-order valence-electron chi connectivity index (χ0n) is 34.4. The predicted molar refractivity (Wildman–Crippen MR) is 207 cm³/mol. The molecule has 13 atom stereocenters. The first-order chi connectivity index (χ1) is 25.8. The maximum Gasteiger partial charge on any atom is 0.410 e. The number of ketones is 2. The van der Waals surface area contributed by atoms with Gasteiger partial charge in [-0.05, 0) is 86.0 Å². The van der Waals surface area contributed by atoms with Gasteiger partial charge in [0.15, 0.2) is 17.7 Å². The molecular formula is C40H63ClN4O10. The summed E-state index contributed by atoms with van der Waals surface area (Å²) < 4.78 is 31.1. The van der Waals surface area contributed by atoms with Crippen molar-refractivity contribution in [2.75, 3.05) is 39.6 Å². The van der Waals surface area contributed by atoms with Gasteiger partial charge in [0, 0.05) is 50.2 Å². The third-order valence-electron chi connectivity index (χ3n) is 12.0. The highest BCUT2D eigenvalue weighted by Gasteiger charge is 2.60. The van der Waals surface area contributed by atoms with Crippen molar-refractivity contribution in [2.45, 2.75) is 141 Å². The second kappa shape index (κ2) is 18.6. The number of hydrogen-bond donors (Lipinski definition) is 2. The molecule has 1 unspecified atom stereocenters. The summed E-state index contributed by atoms with van der Waals surface area (Å²) in [4.78, 5) is 64.3. The standard InChI is InChI=1S/C40H63ClN4O10/c1-12-29-40(8)33(45(38(50)55-40)19-14-13-17-42-35-27(41)16-15-18-43-35)24(4)30(46)22(2)21-39(7,51-11)34(25(5)31(47)26(6)36(49)53-29)54-37-32(48)28(44(9)10)20-23(3)52-37/h15-16,18,22-26,28-29,32-34,37,48H,12-14,17,19-21H2,1-11H3,(H,42,43)/t22-,23-,24+,25-,26-,28+,29-,32-,33+,34-,37?,39-,40-/m1/s1. The number of amides is 1. The molecule has 0 aliphatic carbocycles. The number of fused-ring (bicyclic) bond motifs is 1. The number of nitrogens with one attached hydrogen (secondary N) is 1. The number of Topliss-reactive ketones (excluding diaryl/α,β-unsaturated/α-hetero) is 2. The normalized spacial score (nSPS) is 38.0. The number of nitrogens with zero attached hydrogens (tertiary/aromatic N) is 3. The second-order valence-corrected chi connectivity index (χ2v) is 16.8. The van der Waals surface area contributed by atoms with E-state index in [-0.39, 0.29) is 37.3 Å². The van der Waals surface area contributed by atoms with Gasteiger partial charge in [0.05, 0.1) is 28.9 Å². The van der Waals surface area contributed by atoms with Crippen LogP contribution in [0.3, 0.4) is 0 Å². The topological polar surface area (TPSA) is 166 Å². The Balaban J connectivity index is 1.68. The molecule has 3 aliphatic heterocycles. The van der Waals surface area contributed by atoms with Crippen molar-refractivity contribution >= 4 is 41.0 Å². The third kappa shape index (κ3) is 9.64. The van der Waals surface area contributed by atoms with E-state index in [2.05, 4.69) is 10.3 Å². The van der Waals surface area contributed by atoms with Crippen LogP contribution in [0.5, 0.6) is 0 Å². The maximum absolute atomic E-state index is 14.6. The van der Waals surface area contributed by atoms with Crippen LogP contribution in [0.2, 0.25) is 5.02 Å². The number of ether oxygens (including phenoxy) is 5. The fourth-order valence-electron chi connectivity index (χ4n) is 8.84. The average Bonchev–Trinajstić information content (AvgIpc) is 3.40. The number of unbranched alkanes of at least 4 members (excludes halogenated alkanes) is 1. The zero-order valence-corrected chi connectivity index (χ0v) is 35.1. The molecular weight excluding hydrogens is 732 g/mol. The first kappa shape index (κ1) is 44.8. The van der Waals surface area contributed by atoms with E-state index in [0.29, 0.717) is 36.6 Å². The van der Waals surface area contributed by atoms with Crippen molar-refractivity contribution in [3.63, 3.8) is 0 Å². The molecule has 1 aromatic rings. The van der Waals surface area contributed by atoms with Crippen LogP contribution in [-0.2, 0) is 38.1 Å². The molecule has 0 saturated carbocycles. The zero-order chi connectivity index (χ0) is 41.0. The summed E-state index contributed by atoms with van der Waals surface area (Å²) in [5.74, 6) is -4.41. The molecule has 310 valence electrons. The van der Waals surface area contributed by atoms with E-state index in [1.165, 1.54) is 14.0 Å². The van der Waals surface area contributed by atoms with Crippen LogP contribution in [0.25, 0.3) is 0 Å². The Hall–Kier alpha value is -2.88. The molecule has 15 heteroatoms. The van der Waals surface area contributed by atoms with Crippen LogP contribution < -0.4 is 5.32 Å². The number of rotatable bonds is 11. The summed E-state index contributed by atoms with van der Waals surface area (Å²) in [5.41, 5.74) is -2.67. The monoisotopic (exact) mass is 794 g/mol. The summed E-state index contributed by atoms with van der Waals surface area (Å²) in [7, 11) is 5.23. The van der Waals surface area contributed by atoms with E-state index in [1.807, 2.05) is 32.8 Å². The number of cyclic esters (lactones) is 1. The number of carbonyl (C=O) groups is 4. The Morgan fingerprint density at radius 3 is 2.38 bits per heavy atom. The number of esters is 1. The Labute approximate surface area is 331 Å². The summed E-state index contributed by atoms with van der Waals surface area (Å²) in [6.07, 6.45) is -1.22. The lowest BCUT2D eigenvalue weighted by molar-refractivity contribution is -0.295. The Morgan fingerprint density at radius 1 is 1.07 bits per heavy atom. The number of aliphatic hydroxyl groups is 1. The van der Waals surface area contributed by atoms with Gasteiger partial charge in [-0.2, -0.15) is 0 Å². The lowest BCUT2D eigenvalue weighted by atomic mass is 9.73. The number of halogens is 1. The fourth-order valence-corrected chi connectivity index (χ4v) is 9.03. The largest absolute Gasteiger partial charge is 0.458 e. The van der Waals surface area contributed by atoms with Crippen LogP contribution in [0, 0.1) is 23.7 Å². The van der Waals surface area contributed by atoms with Crippen LogP contribution >= 0.6 is 11.6 Å². The molecule has 0 radical (unpaired) electrons. The lowest BCUT2D eigenvalue weighted by Crippen LogP contribution is -2.60. The van der Waals surface area contributed by atoms with Crippen molar-refractivity contribution in [3.8, 4) is 0 Å². The predicted octanol–water partition coefficient (Wildman–Crippen LogP) is 5.13. The van der Waals surface area contributed by atoms with Gasteiger partial charge >= 0.3 is 12.1 Å². The van der Waals surface area contributed by atoms with E-state index in [0.717, 1.165) is 0 Å². The van der Waals surface area contributed by atoms with E-state index in [1.54, 1.807) is 57.8 Å². The second-order valence-electron chi connectivity index (χ2n) is 16.3. The SMILES string of the molecule is CC[C@H]1OC(=O)[C@H](C)C(=O)[C@@H](C)[C@@H](OC2O[C@H](C)C[C@H](N(C)C)[C@H]2O)[C@](C)(OC)C[C@@H](C)C(=O)[C@H](C)[C@@H]2N(CCCCNc3ncccc3Cl)C(=O)O[C@@]21C. The Morgan fingerprint density at radius 2 is 1.76 bits per heavy atom. The summed E-state index contributed by atoms with van der Waals surface area (Å²) in [6.45, 7) is 14.7. The van der Waals surface area contributed by atoms with Gasteiger partial charge in [0.2, 0.25) is 0 Å². The minimum absolute atomic E-state index is 0.125. The summed E-state index contributed by atoms with van der Waals surface area (Å²) >= 11 is 6.24. The average molecular weight is 795 g/mol. The number of aliphatic hydroxyl groups excluding tert-OH is 1. The Bertz CT molecular complexity index is 1520. The van der Waals surface area contributed by atoms with Gasteiger partial charge in [0.1, 0.15) is 29.7 Å². The summed E-state index contributed by atoms with van der Waals surface area (Å²) in [6, 6.07) is 2.42. The molecule has 4 heterocycles. The smallest absolute Gasteiger partial charge is 0.410 e. The van der Waals surface area contributed by atoms with Gasteiger partial charge in [-0.15, -0.1) is 0 Å². The first-order valence-corrected chi connectivity index (χ1v) is 20.0. The van der Waals surface area contributed by atoms with E-state index in [9.17, 15) is 24.3 Å². The quantitative estimate of drug-likeness (QED) is 0.172. The van der Waals surface area contributed by atoms with Crippen LogP contribution in [0.1, 0.15) is 87.5 Å². The van der Waals surface area contributed by atoms with Gasteiger partial charge < -0.3 is 43.9 Å². The summed E-state index contributed by atoms with van der Waals surface area (Å²) in [5, 5.41) is 15.1.